The third kappa shape index (κ3) is 3.94. The number of nitrogens with zero attached hydrogens (tertiary/aromatic N) is 2. The summed E-state index contributed by atoms with van der Waals surface area (Å²) < 4.78 is 0. The Balaban J connectivity index is 1.60. The lowest BCUT2D eigenvalue weighted by Crippen LogP contribution is -2.15. The highest BCUT2D eigenvalue weighted by atomic mass is 14.9. The summed E-state index contributed by atoms with van der Waals surface area (Å²) in [6, 6.07) is 34.6. The van der Waals surface area contributed by atoms with Crippen LogP contribution in [0.2, 0.25) is 0 Å². The average molecular weight is 428 g/mol. The molecule has 0 unspecified atom stereocenters. The molecule has 0 fully saturated rings. The van der Waals surface area contributed by atoms with Gasteiger partial charge in [-0.15, -0.1) is 0 Å². The molecule has 4 aromatic carbocycles. The van der Waals surface area contributed by atoms with Crippen molar-refractivity contribution in [2.45, 2.75) is 19.3 Å². The first kappa shape index (κ1) is 20.8. The van der Waals surface area contributed by atoms with Crippen molar-refractivity contribution in [2.75, 3.05) is 0 Å². The molecular formula is C30H25N3. The van der Waals surface area contributed by atoms with Crippen molar-refractivity contribution in [2.24, 2.45) is 9.98 Å². The second-order valence-corrected chi connectivity index (χ2v) is 8.75. The van der Waals surface area contributed by atoms with Crippen LogP contribution in [-0.2, 0) is 5.41 Å². The fourth-order valence-corrected chi connectivity index (χ4v) is 4.45. The minimum Gasteiger partial charge on any atom is -0.282 e. The summed E-state index contributed by atoms with van der Waals surface area (Å²) in [6.07, 6.45) is 1.81. The van der Waals surface area contributed by atoms with Crippen molar-refractivity contribution in [3.05, 3.63) is 131 Å². The van der Waals surface area contributed by atoms with Gasteiger partial charge in [-0.3, -0.25) is 5.41 Å². The molecule has 1 aliphatic rings. The highest BCUT2D eigenvalue weighted by molar-refractivity contribution is 6.13. The van der Waals surface area contributed by atoms with E-state index in [0.717, 1.165) is 16.7 Å². The van der Waals surface area contributed by atoms with Crippen LogP contribution in [0.15, 0.2) is 113 Å². The summed E-state index contributed by atoms with van der Waals surface area (Å²) in [5.41, 5.74) is 7.68. The second-order valence-electron chi connectivity index (χ2n) is 8.75. The number of fused-ring (bicyclic) bond motifs is 3. The van der Waals surface area contributed by atoms with Gasteiger partial charge in [0.1, 0.15) is 0 Å². The van der Waals surface area contributed by atoms with Gasteiger partial charge in [-0.2, -0.15) is 0 Å². The number of hydrogen-bond donors (Lipinski definition) is 1. The summed E-state index contributed by atoms with van der Waals surface area (Å²) in [4.78, 5) is 9.39. The smallest absolute Gasteiger partial charge is 0.161 e. The van der Waals surface area contributed by atoms with Crippen LogP contribution in [0.4, 0.5) is 0 Å². The van der Waals surface area contributed by atoms with Crippen LogP contribution >= 0.6 is 0 Å². The average Bonchev–Trinajstić information content (AvgIpc) is 3.09. The summed E-state index contributed by atoms with van der Waals surface area (Å²) in [6.45, 7) is 4.52. The Kier molecular flexibility index (Phi) is 5.31. The molecular weight excluding hydrogens is 402 g/mol. The van der Waals surface area contributed by atoms with Gasteiger partial charge in [0.25, 0.3) is 0 Å². The van der Waals surface area contributed by atoms with Gasteiger partial charge in [0.05, 0.1) is 0 Å². The van der Waals surface area contributed by atoms with Gasteiger partial charge in [-0.1, -0.05) is 111 Å². The molecule has 3 heteroatoms. The molecule has 0 atom stereocenters. The Morgan fingerprint density at radius 1 is 0.697 bits per heavy atom. The SMILES string of the molecule is CC1(C)c2ccccc2-c2ccc(C(=N/C(=N)c3ccccc3)/N=C/c3ccccc3)cc21. The van der Waals surface area contributed by atoms with Gasteiger partial charge in [0, 0.05) is 22.8 Å². The van der Waals surface area contributed by atoms with Gasteiger partial charge in [0.15, 0.2) is 11.7 Å². The molecule has 0 saturated heterocycles. The summed E-state index contributed by atoms with van der Waals surface area (Å²) >= 11 is 0. The van der Waals surface area contributed by atoms with Gasteiger partial charge in [-0.25, -0.2) is 9.98 Å². The number of aliphatic imine (C=N–C) groups is 2. The second kappa shape index (κ2) is 8.44. The van der Waals surface area contributed by atoms with E-state index in [9.17, 15) is 0 Å². The van der Waals surface area contributed by atoms with E-state index in [1.165, 1.54) is 22.3 Å². The van der Waals surface area contributed by atoms with Crippen LogP contribution in [0.1, 0.15) is 41.7 Å². The zero-order valence-corrected chi connectivity index (χ0v) is 18.8. The summed E-state index contributed by atoms with van der Waals surface area (Å²) in [5, 5.41) is 8.57. The molecule has 160 valence electrons. The van der Waals surface area contributed by atoms with Crippen molar-refractivity contribution >= 4 is 17.9 Å². The molecule has 0 saturated carbocycles. The fourth-order valence-electron chi connectivity index (χ4n) is 4.45. The van der Waals surface area contributed by atoms with Crippen molar-refractivity contribution in [1.82, 2.24) is 0 Å². The molecule has 4 aromatic rings. The molecule has 0 bridgehead atoms. The third-order valence-corrected chi connectivity index (χ3v) is 6.24. The highest BCUT2D eigenvalue weighted by Crippen LogP contribution is 2.48. The lowest BCUT2D eigenvalue weighted by atomic mass is 9.82. The number of nitrogens with one attached hydrogen (secondary N) is 1. The number of rotatable bonds is 3. The van der Waals surface area contributed by atoms with Crippen LogP contribution in [0.3, 0.4) is 0 Å². The van der Waals surface area contributed by atoms with Crippen molar-refractivity contribution < 1.29 is 0 Å². The monoisotopic (exact) mass is 427 g/mol. The first-order chi connectivity index (χ1) is 16.0. The molecule has 0 aliphatic heterocycles. The molecule has 0 amide bonds. The molecule has 3 nitrogen and oxygen atoms in total. The van der Waals surface area contributed by atoms with Crippen LogP contribution in [-0.4, -0.2) is 17.9 Å². The van der Waals surface area contributed by atoms with Gasteiger partial charge >= 0.3 is 0 Å². The zero-order chi connectivity index (χ0) is 22.8. The van der Waals surface area contributed by atoms with Gasteiger partial charge < -0.3 is 0 Å². The number of hydrogen-bond acceptors (Lipinski definition) is 1. The van der Waals surface area contributed by atoms with Crippen molar-refractivity contribution in [3.63, 3.8) is 0 Å². The quantitative estimate of drug-likeness (QED) is 0.274. The van der Waals surface area contributed by atoms with E-state index in [4.69, 9.17) is 10.4 Å². The maximum Gasteiger partial charge on any atom is 0.161 e. The van der Waals surface area contributed by atoms with E-state index in [-0.39, 0.29) is 11.3 Å². The molecule has 0 radical (unpaired) electrons. The summed E-state index contributed by atoms with van der Waals surface area (Å²) in [7, 11) is 0. The number of benzene rings is 4. The minimum absolute atomic E-state index is 0.108. The van der Waals surface area contributed by atoms with E-state index >= 15 is 0 Å². The van der Waals surface area contributed by atoms with Gasteiger partial charge in [0.2, 0.25) is 0 Å². The standard InChI is InChI=1S/C30H25N3/c1-30(2)26-16-10-9-15-24(26)25-18-17-23(19-27(25)30)29(32-20-21-11-5-3-6-12-21)33-28(31)22-13-7-4-8-14-22/h3-20,31H,1-2H3/b31-28?,32-20+,33-29-. The Labute approximate surface area is 194 Å². The largest absolute Gasteiger partial charge is 0.282 e. The zero-order valence-electron chi connectivity index (χ0n) is 18.8. The minimum atomic E-state index is -0.108. The molecule has 5 rings (SSSR count). The van der Waals surface area contributed by atoms with E-state index in [2.05, 4.69) is 61.3 Å². The lowest BCUT2D eigenvalue weighted by Gasteiger charge is -2.21. The molecule has 33 heavy (non-hydrogen) atoms. The van der Waals surface area contributed by atoms with E-state index in [1.807, 2.05) is 66.9 Å². The Hall–Kier alpha value is -4.11. The maximum absolute atomic E-state index is 8.57. The molecule has 0 spiro atoms. The topological polar surface area (TPSA) is 48.6 Å². The predicted octanol–water partition coefficient (Wildman–Crippen LogP) is 6.88. The first-order valence-corrected chi connectivity index (χ1v) is 11.1. The molecule has 1 N–H and O–H groups in total. The predicted molar refractivity (Wildman–Crippen MR) is 138 cm³/mol. The normalized spacial score (nSPS) is 14.2. The molecule has 0 heterocycles. The van der Waals surface area contributed by atoms with Crippen molar-refractivity contribution in [3.8, 4) is 11.1 Å². The van der Waals surface area contributed by atoms with Gasteiger partial charge in [-0.05, 0) is 33.9 Å². The van der Waals surface area contributed by atoms with E-state index in [0.29, 0.717) is 5.84 Å². The fraction of sp³-hybridized carbons (Fsp3) is 0.100. The Bertz CT molecular complexity index is 1380. The van der Waals surface area contributed by atoms with Crippen LogP contribution in [0.5, 0.6) is 0 Å². The van der Waals surface area contributed by atoms with E-state index in [1.54, 1.807) is 0 Å². The number of amidine groups is 2. The first-order valence-electron chi connectivity index (χ1n) is 11.1. The molecule has 0 aromatic heterocycles. The van der Waals surface area contributed by atoms with E-state index < -0.39 is 0 Å². The Morgan fingerprint density at radius 2 is 1.33 bits per heavy atom. The van der Waals surface area contributed by atoms with Crippen LogP contribution in [0.25, 0.3) is 11.1 Å². The van der Waals surface area contributed by atoms with Crippen molar-refractivity contribution in [1.29, 1.82) is 5.41 Å². The maximum atomic E-state index is 8.57. The molecule has 1 aliphatic carbocycles. The summed E-state index contributed by atoms with van der Waals surface area (Å²) in [5.74, 6) is 0.723. The lowest BCUT2D eigenvalue weighted by molar-refractivity contribution is 0.660. The van der Waals surface area contributed by atoms with Crippen LogP contribution in [0, 0.1) is 5.41 Å². The highest BCUT2D eigenvalue weighted by Gasteiger charge is 2.35. The van der Waals surface area contributed by atoms with Crippen LogP contribution < -0.4 is 0 Å². The Morgan fingerprint density at radius 3 is 2.09 bits per heavy atom. The third-order valence-electron chi connectivity index (χ3n) is 6.24.